The molecule has 1 aromatic carbocycles. The monoisotopic (exact) mass is 415 g/mol. The lowest BCUT2D eigenvalue weighted by molar-refractivity contribution is -0.116. The Balaban J connectivity index is 1.50. The van der Waals surface area contributed by atoms with Crippen LogP contribution < -0.4 is 11.1 Å². The highest BCUT2D eigenvalue weighted by Gasteiger charge is 2.17. The molecule has 11 heteroatoms. The van der Waals surface area contributed by atoms with Gasteiger partial charge in [-0.3, -0.25) is 14.3 Å². The first-order valence-corrected chi connectivity index (χ1v) is 9.08. The SMILES string of the molecule is O=C(Cn1c(-c2ccccn2)noc1=O)Nc1nc(-c2ccc(F)c(F)c2)cs1. The molecule has 0 radical (unpaired) electrons. The van der Waals surface area contributed by atoms with Crippen molar-refractivity contribution in [3.63, 3.8) is 0 Å². The summed E-state index contributed by atoms with van der Waals surface area (Å²) in [5.41, 5.74) is 1.12. The van der Waals surface area contributed by atoms with Crippen molar-refractivity contribution in [3.05, 3.63) is 70.2 Å². The lowest BCUT2D eigenvalue weighted by atomic mass is 10.2. The van der Waals surface area contributed by atoms with E-state index in [0.29, 0.717) is 17.0 Å². The second-order valence-electron chi connectivity index (χ2n) is 5.79. The maximum absolute atomic E-state index is 13.4. The van der Waals surface area contributed by atoms with E-state index in [2.05, 4.69) is 25.0 Å². The summed E-state index contributed by atoms with van der Waals surface area (Å²) in [5, 5.41) is 8.04. The minimum Gasteiger partial charge on any atom is -0.300 e. The van der Waals surface area contributed by atoms with Gasteiger partial charge in [-0.15, -0.1) is 11.3 Å². The van der Waals surface area contributed by atoms with Gasteiger partial charge in [0.2, 0.25) is 11.7 Å². The number of rotatable bonds is 5. The van der Waals surface area contributed by atoms with Gasteiger partial charge < -0.3 is 5.32 Å². The number of anilines is 1. The van der Waals surface area contributed by atoms with Crippen LogP contribution in [0.5, 0.6) is 0 Å². The summed E-state index contributed by atoms with van der Waals surface area (Å²) in [4.78, 5) is 32.5. The first-order valence-electron chi connectivity index (χ1n) is 8.20. The van der Waals surface area contributed by atoms with E-state index in [-0.39, 0.29) is 17.5 Å². The van der Waals surface area contributed by atoms with Crippen molar-refractivity contribution >= 4 is 22.4 Å². The van der Waals surface area contributed by atoms with Crippen molar-refractivity contribution in [2.45, 2.75) is 6.54 Å². The summed E-state index contributed by atoms with van der Waals surface area (Å²) >= 11 is 1.10. The molecule has 0 spiro atoms. The minimum absolute atomic E-state index is 0.118. The molecule has 0 aliphatic rings. The average molecular weight is 415 g/mol. The molecule has 0 aliphatic heterocycles. The van der Waals surface area contributed by atoms with E-state index < -0.39 is 23.3 Å². The van der Waals surface area contributed by atoms with Crippen molar-refractivity contribution in [2.75, 3.05) is 5.32 Å². The average Bonchev–Trinajstić information content (AvgIpc) is 3.32. The molecule has 0 fully saturated rings. The van der Waals surface area contributed by atoms with Crippen LogP contribution in [0.3, 0.4) is 0 Å². The number of hydrogen-bond acceptors (Lipinski definition) is 7. The first kappa shape index (κ1) is 18.6. The molecule has 0 saturated heterocycles. The van der Waals surface area contributed by atoms with E-state index in [1.165, 1.54) is 12.3 Å². The highest BCUT2D eigenvalue weighted by atomic mass is 32.1. The third kappa shape index (κ3) is 3.94. The number of thiazole rings is 1. The molecule has 0 aliphatic carbocycles. The van der Waals surface area contributed by atoms with Crippen molar-refractivity contribution in [1.82, 2.24) is 19.7 Å². The summed E-state index contributed by atoms with van der Waals surface area (Å²) in [5.74, 6) is -3.18. The fourth-order valence-corrected chi connectivity index (χ4v) is 3.24. The molecule has 4 rings (SSSR count). The highest BCUT2D eigenvalue weighted by Crippen LogP contribution is 2.26. The van der Waals surface area contributed by atoms with Crippen LogP contribution >= 0.6 is 11.3 Å². The quantitative estimate of drug-likeness (QED) is 0.538. The van der Waals surface area contributed by atoms with Crippen LogP contribution in [0.25, 0.3) is 22.8 Å². The smallest absolute Gasteiger partial charge is 0.300 e. The van der Waals surface area contributed by atoms with Gasteiger partial charge in [0, 0.05) is 17.1 Å². The van der Waals surface area contributed by atoms with Gasteiger partial charge in [0.1, 0.15) is 12.2 Å². The normalized spacial score (nSPS) is 10.8. The summed E-state index contributed by atoms with van der Waals surface area (Å²) < 4.78 is 32.1. The standard InChI is InChI=1S/C18H11F2N5O3S/c19-11-5-4-10(7-12(11)20)14-9-29-17(22-14)23-15(26)8-25-16(24-28-18(25)27)13-3-1-2-6-21-13/h1-7,9H,8H2,(H,22,23,26). The number of nitrogens with zero attached hydrogens (tertiary/aromatic N) is 4. The molecule has 146 valence electrons. The molecular formula is C18H11F2N5O3S. The third-order valence-electron chi connectivity index (χ3n) is 3.85. The Hall–Kier alpha value is -3.73. The van der Waals surface area contributed by atoms with Gasteiger partial charge in [0.05, 0.1) is 5.69 Å². The zero-order chi connectivity index (χ0) is 20.4. The molecule has 0 atom stereocenters. The topological polar surface area (TPSA) is 103 Å². The van der Waals surface area contributed by atoms with E-state index in [4.69, 9.17) is 0 Å². The second kappa shape index (κ2) is 7.72. The number of halogens is 2. The van der Waals surface area contributed by atoms with Gasteiger partial charge in [-0.25, -0.2) is 23.1 Å². The van der Waals surface area contributed by atoms with Crippen molar-refractivity contribution in [2.24, 2.45) is 0 Å². The van der Waals surface area contributed by atoms with Crippen LogP contribution in [-0.4, -0.2) is 25.6 Å². The van der Waals surface area contributed by atoms with Gasteiger partial charge in [-0.1, -0.05) is 11.2 Å². The van der Waals surface area contributed by atoms with Gasteiger partial charge >= 0.3 is 5.76 Å². The van der Waals surface area contributed by atoms with Gasteiger partial charge in [-0.05, 0) is 30.3 Å². The fourth-order valence-electron chi connectivity index (χ4n) is 2.51. The number of pyridine rings is 1. The molecule has 0 saturated carbocycles. The predicted molar refractivity (Wildman–Crippen MR) is 100 cm³/mol. The highest BCUT2D eigenvalue weighted by molar-refractivity contribution is 7.14. The van der Waals surface area contributed by atoms with Crippen LogP contribution in [0.15, 0.2) is 57.3 Å². The molecule has 0 bridgehead atoms. The number of nitrogens with one attached hydrogen (secondary N) is 1. The van der Waals surface area contributed by atoms with E-state index in [9.17, 15) is 18.4 Å². The largest absolute Gasteiger partial charge is 0.442 e. The number of amides is 1. The number of hydrogen-bond donors (Lipinski definition) is 1. The Morgan fingerprint density at radius 2 is 2.03 bits per heavy atom. The number of aromatic nitrogens is 4. The molecule has 1 amide bonds. The zero-order valence-electron chi connectivity index (χ0n) is 14.5. The fraction of sp³-hybridized carbons (Fsp3) is 0.0556. The zero-order valence-corrected chi connectivity index (χ0v) is 15.3. The Morgan fingerprint density at radius 3 is 2.79 bits per heavy atom. The molecule has 8 nitrogen and oxygen atoms in total. The molecule has 4 aromatic rings. The molecule has 1 N–H and O–H groups in total. The summed E-state index contributed by atoms with van der Waals surface area (Å²) in [7, 11) is 0. The maximum atomic E-state index is 13.4. The van der Waals surface area contributed by atoms with Crippen LogP contribution in [0.4, 0.5) is 13.9 Å². The third-order valence-corrected chi connectivity index (χ3v) is 4.61. The van der Waals surface area contributed by atoms with Crippen molar-refractivity contribution in [1.29, 1.82) is 0 Å². The molecule has 3 heterocycles. The number of carbonyl (C=O) groups is 1. The Bertz CT molecular complexity index is 1240. The summed E-state index contributed by atoms with van der Waals surface area (Å²) in [6.07, 6.45) is 1.52. The predicted octanol–water partition coefficient (Wildman–Crippen LogP) is 2.94. The first-order chi connectivity index (χ1) is 14.0. The van der Waals surface area contributed by atoms with Crippen LogP contribution in [0.2, 0.25) is 0 Å². The van der Waals surface area contributed by atoms with E-state index in [1.807, 2.05) is 0 Å². The lowest BCUT2D eigenvalue weighted by Gasteiger charge is -2.04. The molecule has 29 heavy (non-hydrogen) atoms. The van der Waals surface area contributed by atoms with Crippen molar-refractivity contribution < 1.29 is 18.1 Å². The number of benzene rings is 1. The van der Waals surface area contributed by atoms with E-state index in [1.54, 1.807) is 23.6 Å². The Labute approximate surface area is 165 Å². The summed E-state index contributed by atoms with van der Waals surface area (Å²) in [6, 6.07) is 8.44. The Morgan fingerprint density at radius 1 is 1.17 bits per heavy atom. The number of carbonyl (C=O) groups excluding carboxylic acids is 1. The van der Waals surface area contributed by atoms with Crippen molar-refractivity contribution in [3.8, 4) is 22.8 Å². The molecule has 3 aromatic heterocycles. The van der Waals surface area contributed by atoms with Gasteiger partial charge in [0.25, 0.3) is 0 Å². The molecular weight excluding hydrogens is 404 g/mol. The molecule has 0 unspecified atom stereocenters. The van der Waals surface area contributed by atoms with Gasteiger partial charge in [0.15, 0.2) is 16.8 Å². The lowest BCUT2D eigenvalue weighted by Crippen LogP contribution is -2.25. The van der Waals surface area contributed by atoms with Crippen LogP contribution in [-0.2, 0) is 11.3 Å². The van der Waals surface area contributed by atoms with Crippen LogP contribution in [0.1, 0.15) is 0 Å². The van der Waals surface area contributed by atoms with Gasteiger partial charge in [-0.2, -0.15) is 0 Å². The maximum Gasteiger partial charge on any atom is 0.442 e. The summed E-state index contributed by atoms with van der Waals surface area (Å²) in [6.45, 7) is -0.367. The second-order valence-corrected chi connectivity index (χ2v) is 6.65. The Kier molecular flexibility index (Phi) is 4.96. The van der Waals surface area contributed by atoms with E-state index in [0.717, 1.165) is 28.0 Å². The van der Waals surface area contributed by atoms with Crippen LogP contribution in [0, 0.1) is 11.6 Å². The minimum atomic E-state index is -0.991. The van der Waals surface area contributed by atoms with E-state index >= 15 is 0 Å².